The predicted octanol–water partition coefficient (Wildman–Crippen LogP) is 4.90. The second-order valence-corrected chi connectivity index (χ2v) is 11.8. The third-order valence-corrected chi connectivity index (χ3v) is 7.69. The summed E-state index contributed by atoms with van der Waals surface area (Å²) in [6.45, 7) is 9.81. The first kappa shape index (κ1) is 42.5. The third-order valence-electron chi connectivity index (χ3n) is 7.69. The number of hydrogen-bond acceptors (Lipinski definition) is 17. The summed E-state index contributed by atoms with van der Waals surface area (Å²) in [6.07, 6.45) is 1.23. The van der Waals surface area contributed by atoms with E-state index >= 15 is 0 Å². The smallest absolute Gasteiger partial charge is 0.375 e. The van der Waals surface area contributed by atoms with Crippen LogP contribution in [-0.2, 0) is 42.9 Å². The van der Waals surface area contributed by atoms with Crippen LogP contribution in [0.1, 0.15) is 50.7 Å². The number of esters is 5. The fourth-order valence-corrected chi connectivity index (χ4v) is 5.41. The van der Waals surface area contributed by atoms with Crippen molar-refractivity contribution in [3.05, 3.63) is 53.9 Å². The fourth-order valence-electron chi connectivity index (χ4n) is 5.41. The number of carbonyl (C=O) groups excluding carboxylic acids is 5. The van der Waals surface area contributed by atoms with Gasteiger partial charge in [0.05, 0.1) is 50.6 Å². The number of anilines is 2. The van der Waals surface area contributed by atoms with Gasteiger partial charge in [-0.3, -0.25) is 19.2 Å². The molecule has 17 heteroatoms. The van der Waals surface area contributed by atoms with Crippen LogP contribution in [0.3, 0.4) is 0 Å². The Labute approximate surface area is 323 Å². The molecule has 0 unspecified atom stereocenters. The van der Waals surface area contributed by atoms with Crippen molar-refractivity contribution >= 4 is 52.2 Å². The molecule has 0 radical (unpaired) electrons. The van der Waals surface area contributed by atoms with E-state index in [0.29, 0.717) is 28.1 Å². The van der Waals surface area contributed by atoms with E-state index in [1.54, 1.807) is 65.0 Å². The lowest BCUT2D eigenvalue weighted by molar-refractivity contribution is -0.144. The maximum absolute atomic E-state index is 12.8. The normalized spacial score (nSPS) is 10.8. The van der Waals surface area contributed by atoms with E-state index in [2.05, 4.69) is 4.98 Å². The highest BCUT2D eigenvalue weighted by Crippen LogP contribution is 2.38. The number of oxazole rings is 1. The molecular formula is C39H47N3O14. The SMILES string of the molecule is CCOC(=O)CN(CC(=O)OCC)c1ccc(C)cc1OCCOc1cc2cc(-c3ncc(C(=O)OCC)o3)oc2cc1N(CC(=O)OCC)CC(=O)OCC. The van der Waals surface area contributed by atoms with Gasteiger partial charge in [-0.25, -0.2) is 9.78 Å². The molecule has 0 aliphatic rings. The first-order valence-electron chi connectivity index (χ1n) is 18.2. The number of fused-ring (bicyclic) bond motifs is 1. The molecule has 17 nitrogen and oxygen atoms in total. The minimum Gasteiger partial charge on any atom is -0.488 e. The average Bonchev–Trinajstić information content (AvgIpc) is 3.81. The van der Waals surface area contributed by atoms with Crippen molar-refractivity contribution in [2.24, 2.45) is 0 Å². The molecule has 0 amide bonds. The van der Waals surface area contributed by atoms with Gasteiger partial charge in [-0.05, 0) is 71.4 Å². The topological polar surface area (TPSA) is 196 Å². The molecule has 2 aromatic carbocycles. The van der Waals surface area contributed by atoms with Crippen LogP contribution in [0, 0.1) is 6.92 Å². The molecule has 4 rings (SSSR count). The Morgan fingerprint density at radius 3 is 1.62 bits per heavy atom. The zero-order valence-corrected chi connectivity index (χ0v) is 32.4. The van der Waals surface area contributed by atoms with E-state index in [4.69, 9.17) is 42.0 Å². The maximum atomic E-state index is 12.8. The molecule has 0 bridgehead atoms. The number of benzene rings is 2. The van der Waals surface area contributed by atoms with Crippen molar-refractivity contribution in [2.45, 2.75) is 41.5 Å². The Morgan fingerprint density at radius 1 is 0.607 bits per heavy atom. The molecule has 0 N–H and O–H groups in total. The molecule has 0 saturated carbocycles. The van der Waals surface area contributed by atoms with Crippen LogP contribution in [0.5, 0.6) is 11.5 Å². The van der Waals surface area contributed by atoms with Crippen molar-refractivity contribution in [1.82, 2.24) is 4.98 Å². The summed E-state index contributed by atoms with van der Waals surface area (Å²) in [5.41, 5.74) is 1.93. The zero-order chi connectivity index (χ0) is 40.6. The first-order chi connectivity index (χ1) is 27.0. The zero-order valence-electron chi connectivity index (χ0n) is 32.4. The average molecular weight is 782 g/mol. The summed E-state index contributed by atoms with van der Waals surface area (Å²) in [6, 6.07) is 10.2. The van der Waals surface area contributed by atoms with Gasteiger partial charge in [-0.1, -0.05) is 6.07 Å². The highest BCUT2D eigenvalue weighted by atomic mass is 16.6. The molecule has 4 aromatic rings. The fraction of sp³-hybridized carbons (Fsp3) is 0.436. The van der Waals surface area contributed by atoms with Crippen molar-refractivity contribution in [2.75, 3.05) is 82.2 Å². The minimum atomic E-state index is -0.681. The van der Waals surface area contributed by atoms with Crippen LogP contribution in [0.25, 0.3) is 22.6 Å². The van der Waals surface area contributed by atoms with Crippen molar-refractivity contribution < 1.29 is 66.0 Å². The van der Waals surface area contributed by atoms with Gasteiger partial charge < -0.3 is 51.8 Å². The molecule has 2 aromatic heterocycles. The van der Waals surface area contributed by atoms with Crippen LogP contribution >= 0.6 is 0 Å². The standard InChI is InChI=1S/C39H47N3O14/c1-7-48-34(43)21-41(22-35(44)49-8-2)27-13-12-25(6)16-30(27)53-14-15-54-31-17-26-18-32(38-40-20-33(56-38)39(47)52-11-5)55-29(26)19-28(31)42(23-36(45)50-9-3)24-37(46)51-10-4/h12-13,16-20H,7-11,14-15,21-24H2,1-6H3. The van der Waals surface area contributed by atoms with Crippen molar-refractivity contribution in [1.29, 1.82) is 0 Å². The summed E-state index contributed by atoms with van der Waals surface area (Å²) >= 11 is 0. The number of ether oxygens (including phenoxy) is 7. The molecule has 0 atom stereocenters. The predicted molar refractivity (Wildman–Crippen MR) is 201 cm³/mol. The number of aromatic nitrogens is 1. The van der Waals surface area contributed by atoms with Crippen LogP contribution < -0.4 is 19.3 Å². The first-order valence-corrected chi connectivity index (χ1v) is 18.2. The maximum Gasteiger partial charge on any atom is 0.375 e. The Morgan fingerprint density at radius 2 is 1.11 bits per heavy atom. The number of hydrogen-bond donors (Lipinski definition) is 0. The number of rotatable bonds is 22. The van der Waals surface area contributed by atoms with Crippen LogP contribution in [-0.4, -0.2) is 107 Å². The molecule has 0 saturated heterocycles. The quantitative estimate of drug-likeness (QED) is 0.0593. The summed E-state index contributed by atoms with van der Waals surface area (Å²) in [5, 5.41) is 0.539. The van der Waals surface area contributed by atoms with Crippen molar-refractivity contribution in [3.63, 3.8) is 0 Å². The highest BCUT2D eigenvalue weighted by molar-refractivity contribution is 5.91. The van der Waals surface area contributed by atoms with E-state index in [1.165, 1.54) is 16.0 Å². The summed E-state index contributed by atoms with van der Waals surface area (Å²) in [4.78, 5) is 69.8. The molecule has 56 heavy (non-hydrogen) atoms. The van der Waals surface area contributed by atoms with Crippen LogP contribution in [0.4, 0.5) is 11.4 Å². The van der Waals surface area contributed by atoms with Gasteiger partial charge in [0.15, 0.2) is 5.76 Å². The lowest BCUT2D eigenvalue weighted by atomic mass is 10.2. The summed E-state index contributed by atoms with van der Waals surface area (Å²) in [7, 11) is 0. The molecule has 0 spiro atoms. The van der Waals surface area contributed by atoms with E-state index < -0.39 is 29.8 Å². The lowest BCUT2D eigenvalue weighted by Crippen LogP contribution is -2.36. The molecule has 0 fully saturated rings. The Bertz CT molecular complexity index is 1930. The van der Waals surface area contributed by atoms with Crippen molar-refractivity contribution in [3.8, 4) is 23.1 Å². The van der Waals surface area contributed by atoms with Gasteiger partial charge in [0.2, 0.25) is 5.76 Å². The largest absolute Gasteiger partial charge is 0.488 e. The Hall–Kier alpha value is -6.26. The van der Waals surface area contributed by atoms with E-state index in [-0.39, 0.29) is 95.6 Å². The number of nitrogens with zero attached hydrogens (tertiary/aromatic N) is 3. The van der Waals surface area contributed by atoms with Gasteiger partial charge in [-0.2, -0.15) is 0 Å². The van der Waals surface area contributed by atoms with E-state index in [9.17, 15) is 24.0 Å². The van der Waals surface area contributed by atoms with Crippen LogP contribution in [0.15, 0.2) is 51.4 Å². The van der Waals surface area contributed by atoms with E-state index in [1.807, 2.05) is 13.0 Å². The molecule has 0 aliphatic heterocycles. The van der Waals surface area contributed by atoms with Gasteiger partial charge >= 0.3 is 29.8 Å². The Balaban J connectivity index is 1.66. The second-order valence-electron chi connectivity index (χ2n) is 11.8. The van der Waals surface area contributed by atoms with Gasteiger partial charge in [0.1, 0.15) is 56.5 Å². The third kappa shape index (κ3) is 11.9. The van der Waals surface area contributed by atoms with Gasteiger partial charge in [-0.15, -0.1) is 0 Å². The summed E-state index contributed by atoms with van der Waals surface area (Å²) in [5.74, 6) is -2.22. The second kappa shape index (κ2) is 21.0. The number of aryl methyl sites for hydroxylation is 1. The molecule has 0 aliphatic carbocycles. The molecule has 302 valence electrons. The summed E-state index contributed by atoms with van der Waals surface area (Å²) < 4.78 is 49.7. The Kier molecular flexibility index (Phi) is 15.9. The number of furan rings is 1. The van der Waals surface area contributed by atoms with Crippen LogP contribution in [0.2, 0.25) is 0 Å². The van der Waals surface area contributed by atoms with E-state index in [0.717, 1.165) is 5.56 Å². The lowest BCUT2D eigenvalue weighted by Gasteiger charge is -2.26. The monoisotopic (exact) mass is 781 g/mol. The highest BCUT2D eigenvalue weighted by Gasteiger charge is 2.25. The number of carbonyl (C=O) groups is 5. The minimum absolute atomic E-state index is 0.0140. The van der Waals surface area contributed by atoms with Gasteiger partial charge in [0, 0.05) is 11.5 Å². The molecular weight excluding hydrogens is 734 g/mol. The molecule has 2 heterocycles. The van der Waals surface area contributed by atoms with Gasteiger partial charge in [0.25, 0.3) is 5.89 Å².